The van der Waals surface area contributed by atoms with Crippen molar-refractivity contribution < 1.29 is 22.5 Å². The highest BCUT2D eigenvalue weighted by atomic mass is 32.2. The van der Waals surface area contributed by atoms with Crippen molar-refractivity contribution in [1.29, 1.82) is 0 Å². The van der Waals surface area contributed by atoms with Crippen molar-refractivity contribution in [1.82, 2.24) is 5.32 Å². The minimum atomic E-state index is -3.82. The smallest absolute Gasteiger partial charge is 0.534 e. The predicted octanol–water partition coefficient (Wildman–Crippen LogP) is 1.88. The highest BCUT2D eigenvalue weighted by Gasteiger charge is 2.42. The largest absolute Gasteiger partial charge is 0.563 e. The van der Waals surface area contributed by atoms with Crippen LogP contribution in [0.1, 0.15) is 24.2 Å². The normalized spacial score (nSPS) is 15.8. The molecule has 0 bridgehead atoms. The first kappa shape index (κ1) is 20.0. The second kappa shape index (κ2) is 7.33. The maximum Gasteiger partial charge on any atom is 0.563 e. The van der Waals surface area contributed by atoms with E-state index in [1.165, 1.54) is 25.2 Å². The van der Waals surface area contributed by atoms with Crippen molar-refractivity contribution in [2.45, 2.75) is 24.3 Å². The molecule has 146 valence electrons. The highest BCUT2D eigenvalue weighted by molar-refractivity contribution is 7.92. The van der Waals surface area contributed by atoms with Crippen molar-refractivity contribution >= 4 is 34.2 Å². The first-order valence-electron chi connectivity index (χ1n) is 8.61. The summed E-state index contributed by atoms with van der Waals surface area (Å²) in [5.74, 6) is 0.221. The number of hydrogen-bond donors (Lipinski definition) is 2. The number of benzene rings is 2. The molecule has 0 spiro atoms. The monoisotopic (exact) mass is 400 g/mol. The van der Waals surface area contributed by atoms with E-state index in [0.717, 1.165) is 0 Å². The van der Waals surface area contributed by atoms with Crippen molar-refractivity contribution in [3.63, 3.8) is 0 Å². The second-order valence-corrected chi connectivity index (χ2v) is 8.52. The SMILES string of the molecule is C=C1OB(c2ccc(S(=O)(=O)Nc3cccc(C(=O)NC)c3)cc2)OC1(C)C. The van der Waals surface area contributed by atoms with Crippen LogP contribution in [0.2, 0.25) is 0 Å². The number of hydrogen-bond acceptors (Lipinski definition) is 5. The van der Waals surface area contributed by atoms with Crippen LogP contribution in [0, 0.1) is 0 Å². The first-order valence-corrected chi connectivity index (χ1v) is 10.1. The number of carbonyl (C=O) groups excluding carboxylic acids is 1. The summed E-state index contributed by atoms with van der Waals surface area (Å²) in [6.07, 6.45) is 0. The van der Waals surface area contributed by atoms with Crippen LogP contribution in [0.3, 0.4) is 0 Å². The van der Waals surface area contributed by atoms with Crippen LogP contribution in [0.25, 0.3) is 0 Å². The zero-order chi connectivity index (χ0) is 20.5. The molecule has 3 rings (SSSR count). The van der Waals surface area contributed by atoms with E-state index >= 15 is 0 Å². The zero-order valence-corrected chi connectivity index (χ0v) is 16.7. The Hall–Kier alpha value is -2.78. The average molecular weight is 400 g/mol. The molecular formula is C19H21BN2O5S. The summed E-state index contributed by atoms with van der Waals surface area (Å²) in [7, 11) is -2.94. The van der Waals surface area contributed by atoms with Gasteiger partial charge in [0.25, 0.3) is 15.9 Å². The van der Waals surface area contributed by atoms with Gasteiger partial charge in [-0.25, -0.2) is 8.42 Å². The summed E-state index contributed by atoms with van der Waals surface area (Å²) < 4.78 is 39.2. The number of anilines is 1. The lowest BCUT2D eigenvalue weighted by atomic mass is 9.79. The van der Waals surface area contributed by atoms with Crippen LogP contribution in [0.5, 0.6) is 0 Å². The van der Waals surface area contributed by atoms with E-state index in [9.17, 15) is 13.2 Å². The van der Waals surface area contributed by atoms with Crippen molar-refractivity contribution in [2.75, 3.05) is 11.8 Å². The molecule has 2 aromatic rings. The minimum absolute atomic E-state index is 0.0812. The van der Waals surface area contributed by atoms with Gasteiger partial charge in [0.1, 0.15) is 5.60 Å². The molecule has 9 heteroatoms. The maximum absolute atomic E-state index is 12.7. The summed E-state index contributed by atoms with van der Waals surface area (Å²) in [6, 6.07) is 12.5. The summed E-state index contributed by atoms with van der Waals surface area (Å²) in [6.45, 7) is 7.53. The van der Waals surface area contributed by atoms with Crippen LogP contribution in [-0.4, -0.2) is 34.1 Å². The lowest BCUT2D eigenvalue weighted by Gasteiger charge is -2.15. The summed E-state index contributed by atoms with van der Waals surface area (Å²) in [4.78, 5) is 11.8. The van der Waals surface area contributed by atoms with E-state index in [0.29, 0.717) is 22.5 Å². The predicted molar refractivity (Wildman–Crippen MR) is 108 cm³/mol. The molecule has 0 unspecified atom stereocenters. The maximum atomic E-state index is 12.7. The molecule has 0 radical (unpaired) electrons. The molecule has 1 heterocycles. The Labute approximate surface area is 164 Å². The highest BCUT2D eigenvalue weighted by Crippen LogP contribution is 2.29. The molecule has 1 fully saturated rings. The Morgan fingerprint density at radius 3 is 2.39 bits per heavy atom. The summed E-state index contributed by atoms with van der Waals surface area (Å²) in [5.41, 5.74) is 0.738. The molecule has 2 N–H and O–H groups in total. The topological polar surface area (TPSA) is 93.7 Å². The van der Waals surface area contributed by atoms with Crippen molar-refractivity contribution in [3.05, 3.63) is 66.4 Å². The number of rotatable bonds is 5. The van der Waals surface area contributed by atoms with Gasteiger partial charge in [-0.15, -0.1) is 0 Å². The van der Waals surface area contributed by atoms with Crippen LogP contribution in [0.15, 0.2) is 65.8 Å². The minimum Gasteiger partial charge on any atom is -0.534 e. The Bertz CT molecular complexity index is 1020. The number of carbonyl (C=O) groups is 1. The third-order valence-corrected chi connectivity index (χ3v) is 5.79. The molecule has 1 amide bonds. The van der Waals surface area contributed by atoms with Gasteiger partial charge >= 0.3 is 7.12 Å². The molecule has 1 aliphatic heterocycles. The van der Waals surface area contributed by atoms with Crippen molar-refractivity contribution in [2.24, 2.45) is 0 Å². The molecule has 0 aromatic heterocycles. The van der Waals surface area contributed by atoms with E-state index in [-0.39, 0.29) is 10.8 Å². The molecule has 0 saturated carbocycles. The van der Waals surface area contributed by atoms with Crippen molar-refractivity contribution in [3.8, 4) is 0 Å². The van der Waals surface area contributed by atoms with Crippen LogP contribution in [-0.2, 0) is 19.3 Å². The first-order chi connectivity index (χ1) is 13.1. The molecule has 28 heavy (non-hydrogen) atoms. The molecule has 0 atom stereocenters. The van der Waals surface area contributed by atoms with E-state index in [1.54, 1.807) is 30.3 Å². The van der Waals surface area contributed by atoms with Gasteiger partial charge in [0.15, 0.2) is 0 Å². The van der Waals surface area contributed by atoms with Gasteiger partial charge in [0.2, 0.25) is 0 Å². The van der Waals surface area contributed by atoms with E-state index in [2.05, 4.69) is 16.6 Å². The van der Waals surface area contributed by atoms with Gasteiger partial charge < -0.3 is 14.6 Å². The van der Waals surface area contributed by atoms with Crippen LogP contribution in [0.4, 0.5) is 5.69 Å². The number of nitrogens with one attached hydrogen (secondary N) is 2. The Kier molecular flexibility index (Phi) is 5.23. The third kappa shape index (κ3) is 4.05. The Morgan fingerprint density at radius 2 is 1.82 bits per heavy atom. The molecular weight excluding hydrogens is 379 g/mol. The lowest BCUT2D eigenvalue weighted by Crippen LogP contribution is -2.34. The molecule has 7 nitrogen and oxygen atoms in total. The zero-order valence-electron chi connectivity index (χ0n) is 15.9. The van der Waals surface area contributed by atoms with Gasteiger partial charge in [0.05, 0.1) is 10.7 Å². The summed E-state index contributed by atoms with van der Waals surface area (Å²) >= 11 is 0. The number of sulfonamides is 1. The summed E-state index contributed by atoms with van der Waals surface area (Å²) in [5, 5.41) is 2.50. The van der Waals surface area contributed by atoms with E-state index in [1.807, 2.05) is 13.8 Å². The molecule has 2 aromatic carbocycles. The average Bonchev–Trinajstić information content (AvgIpc) is 2.94. The van der Waals surface area contributed by atoms with Gasteiger partial charge in [-0.2, -0.15) is 0 Å². The fourth-order valence-corrected chi connectivity index (χ4v) is 3.70. The second-order valence-electron chi connectivity index (χ2n) is 6.84. The molecule has 0 aliphatic carbocycles. The van der Waals surface area contributed by atoms with Crippen LogP contribution >= 0.6 is 0 Å². The third-order valence-electron chi connectivity index (χ3n) is 4.39. The van der Waals surface area contributed by atoms with Gasteiger partial charge in [-0.3, -0.25) is 9.52 Å². The van der Waals surface area contributed by atoms with E-state index in [4.69, 9.17) is 9.31 Å². The van der Waals surface area contributed by atoms with Gasteiger partial charge in [-0.1, -0.05) is 24.8 Å². The Morgan fingerprint density at radius 1 is 1.14 bits per heavy atom. The number of amides is 1. The van der Waals surface area contributed by atoms with Crippen LogP contribution < -0.4 is 15.5 Å². The van der Waals surface area contributed by atoms with Gasteiger partial charge in [0, 0.05) is 18.3 Å². The van der Waals surface area contributed by atoms with E-state index < -0.39 is 22.7 Å². The lowest BCUT2D eigenvalue weighted by molar-refractivity contribution is 0.0963. The fraction of sp³-hybridized carbons (Fsp3) is 0.211. The quantitative estimate of drug-likeness (QED) is 0.748. The van der Waals surface area contributed by atoms with Gasteiger partial charge in [-0.05, 0) is 49.6 Å². The standard InChI is InChI=1S/C19H21BN2O5S/c1-13-19(2,3)27-20(26-13)15-8-10-17(11-9-15)28(24,25)22-16-7-5-6-14(12-16)18(23)21-4/h5-12,22H,1H2,2-4H3,(H,21,23). The molecule has 1 saturated heterocycles. The Balaban J connectivity index is 1.78. The fourth-order valence-electron chi connectivity index (χ4n) is 2.65. The molecule has 1 aliphatic rings.